The molecule has 11 aromatic carbocycles. The van der Waals surface area contributed by atoms with Gasteiger partial charge in [0.1, 0.15) is 11.2 Å². The van der Waals surface area contributed by atoms with Crippen LogP contribution >= 0.6 is 0 Å². The van der Waals surface area contributed by atoms with Gasteiger partial charge in [-0.3, -0.25) is 0 Å². The van der Waals surface area contributed by atoms with Gasteiger partial charge in [-0.1, -0.05) is 182 Å². The number of hydrogen-bond donors (Lipinski definition) is 0. The molecule has 0 N–H and O–H groups in total. The van der Waals surface area contributed by atoms with E-state index in [4.69, 9.17) is 4.42 Å². The third kappa shape index (κ3) is 6.59. The average Bonchev–Trinajstić information content (AvgIpc) is 3.95. The largest absolute Gasteiger partial charge is 0.456 e. The van der Waals surface area contributed by atoms with Gasteiger partial charge in [-0.05, 0) is 117 Å². The summed E-state index contributed by atoms with van der Waals surface area (Å²) in [5, 5.41) is 7.21. The zero-order valence-corrected chi connectivity index (χ0v) is 36.6. The molecule has 0 aliphatic rings. The van der Waals surface area contributed by atoms with E-state index in [1.54, 1.807) is 0 Å². The summed E-state index contributed by atoms with van der Waals surface area (Å²) in [7, 11) is 0. The molecule has 13 aromatic rings. The van der Waals surface area contributed by atoms with Gasteiger partial charge in [0.05, 0.1) is 22.4 Å². The second-order valence-electron chi connectivity index (χ2n) is 17.3. The van der Waals surface area contributed by atoms with E-state index >= 15 is 0 Å². The summed E-state index contributed by atoms with van der Waals surface area (Å²) in [5.41, 5.74) is 17.8. The SMILES string of the molecule is c1cc(-c2ccc(N(c3ccc(-c4ccccc4-n4c5ccccc5c5ccccc54)cc3)c3ccccc3-c3cccc4oc5ccccc5c34)cc2)cc(-c2ccc3ccccc3c2)c1. The number of benzene rings is 11. The highest BCUT2D eigenvalue weighted by atomic mass is 16.3. The van der Waals surface area contributed by atoms with Crippen LogP contribution in [0, 0.1) is 0 Å². The molecule has 0 atom stereocenters. The Hall–Kier alpha value is -8.92. The highest BCUT2D eigenvalue weighted by Gasteiger charge is 2.21. The summed E-state index contributed by atoms with van der Waals surface area (Å²) < 4.78 is 8.83. The molecule has 0 amide bonds. The van der Waals surface area contributed by atoms with Crippen LogP contribution in [-0.4, -0.2) is 4.57 Å². The first-order valence-corrected chi connectivity index (χ1v) is 22.9. The first kappa shape index (κ1) is 38.5. The lowest BCUT2D eigenvalue weighted by molar-refractivity contribution is 0.669. The summed E-state index contributed by atoms with van der Waals surface area (Å²) in [6.45, 7) is 0. The molecule has 314 valence electrons. The van der Waals surface area contributed by atoms with Crippen molar-refractivity contribution in [2.45, 2.75) is 0 Å². The van der Waals surface area contributed by atoms with Gasteiger partial charge in [-0.15, -0.1) is 0 Å². The summed E-state index contributed by atoms with van der Waals surface area (Å²) >= 11 is 0. The van der Waals surface area contributed by atoms with Gasteiger partial charge >= 0.3 is 0 Å². The molecular formula is C64H42N2O. The van der Waals surface area contributed by atoms with E-state index < -0.39 is 0 Å². The number of anilines is 3. The van der Waals surface area contributed by atoms with Crippen LogP contribution < -0.4 is 4.90 Å². The van der Waals surface area contributed by atoms with E-state index in [2.05, 4.69) is 258 Å². The minimum absolute atomic E-state index is 0.876. The van der Waals surface area contributed by atoms with Gasteiger partial charge in [0.15, 0.2) is 0 Å². The molecule has 2 aromatic heterocycles. The van der Waals surface area contributed by atoms with Gasteiger partial charge in [-0.25, -0.2) is 0 Å². The molecule has 0 spiro atoms. The van der Waals surface area contributed by atoms with Crippen molar-refractivity contribution in [1.82, 2.24) is 4.57 Å². The third-order valence-corrected chi connectivity index (χ3v) is 13.4. The van der Waals surface area contributed by atoms with Crippen molar-refractivity contribution >= 4 is 71.6 Å². The molecule has 67 heavy (non-hydrogen) atoms. The average molecular weight is 855 g/mol. The molecule has 3 heteroatoms. The van der Waals surface area contributed by atoms with E-state index in [1.807, 2.05) is 6.07 Å². The molecular weight excluding hydrogens is 813 g/mol. The lowest BCUT2D eigenvalue weighted by Crippen LogP contribution is -2.11. The number of para-hydroxylation sites is 5. The standard InChI is InChI=1S/C64H42N2O/c1-2-16-46-42-49(32-31-43(46)15-1)48-18-13-17-47(41-48)44-33-37-50(38-34-44)65(59-26-9-6-22-55(59)56-24-14-30-63-64(56)57-23-7-12-29-62(57)67-63)51-39-35-45(36-40-51)52-19-3-8-25-58(52)66-60-27-10-4-20-53(60)54-21-5-11-28-61(54)66/h1-42H. The Labute approximate surface area is 388 Å². The van der Waals surface area contributed by atoms with Crippen LogP contribution in [0.15, 0.2) is 259 Å². The lowest BCUT2D eigenvalue weighted by Gasteiger charge is -2.28. The quantitative estimate of drug-likeness (QED) is 0.152. The number of nitrogens with zero attached hydrogens (tertiary/aromatic N) is 2. The molecule has 0 bridgehead atoms. The fourth-order valence-corrected chi connectivity index (χ4v) is 10.3. The number of rotatable bonds is 8. The maximum atomic E-state index is 6.42. The fourth-order valence-electron chi connectivity index (χ4n) is 10.3. The van der Waals surface area contributed by atoms with E-state index in [0.29, 0.717) is 0 Å². The molecule has 0 saturated carbocycles. The van der Waals surface area contributed by atoms with Crippen molar-refractivity contribution in [2.24, 2.45) is 0 Å². The van der Waals surface area contributed by atoms with Crippen LogP contribution in [0.1, 0.15) is 0 Å². The minimum Gasteiger partial charge on any atom is -0.456 e. The summed E-state index contributed by atoms with van der Waals surface area (Å²) in [6, 6.07) is 91.9. The zero-order valence-electron chi connectivity index (χ0n) is 36.6. The number of hydrogen-bond acceptors (Lipinski definition) is 2. The second-order valence-corrected chi connectivity index (χ2v) is 17.3. The van der Waals surface area contributed by atoms with Crippen molar-refractivity contribution in [3.05, 3.63) is 255 Å². The van der Waals surface area contributed by atoms with E-state index in [-0.39, 0.29) is 0 Å². The third-order valence-electron chi connectivity index (χ3n) is 13.4. The summed E-state index contributed by atoms with van der Waals surface area (Å²) in [5.74, 6) is 0. The molecule has 3 nitrogen and oxygen atoms in total. The first-order valence-electron chi connectivity index (χ1n) is 22.9. The minimum atomic E-state index is 0.876. The number of aromatic nitrogens is 1. The Morgan fingerprint density at radius 3 is 1.60 bits per heavy atom. The molecule has 0 fully saturated rings. The van der Waals surface area contributed by atoms with Gasteiger partial charge in [0.2, 0.25) is 0 Å². The van der Waals surface area contributed by atoms with Gasteiger partial charge < -0.3 is 13.9 Å². The van der Waals surface area contributed by atoms with E-state index in [0.717, 1.165) is 66.9 Å². The summed E-state index contributed by atoms with van der Waals surface area (Å²) in [6.07, 6.45) is 0. The van der Waals surface area contributed by atoms with Crippen LogP contribution in [0.25, 0.3) is 105 Å². The maximum absolute atomic E-state index is 6.42. The maximum Gasteiger partial charge on any atom is 0.136 e. The predicted molar refractivity (Wildman–Crippen MR) is 282 cm³/mol. The lowest BCUT2D eigenvalue weighted by atomic mass is 9.96. The second kappa shape index (κ2) is 16.0. The van der Waals surface area contributed by atoms with Crippen molar-refractivity contribution in [2.75, 3.05) is 4.90 Å². The van der Waals surface area contributed by atoms with Crippen molar-refractivity contribution in [3.63, 3.8) is 0 Å². The van der Waals surface area contributed by atoms with Gasteiger partial charge in [0.25, 0.3) is 0 Å². The number of furan rings is 1. The predicted octanol–water partition coefficient (Wildman–Crippen LogP) is 18.0. The van der Waals surface area contributed by atoms with Crippen LogP contribution in [0.4, 0.5) is 17.1 Å². The molecule has 0 aliphatic heterocycles. The molecule has 0 aliphatic carbocycles. The fraction of sp³-hybridized carbons (Fsp3) is 0. The summed E-state index contributed by atoms with van der Waals surface area (Å²) in [4.78, 5) is 2.40. The Balaban J connectivity index is 0.939. The van der Waals surface area contributed by atoms with Crippen molar-refractivity contribution in [3.8, 4) is 50.2 Å². The highest BCUT2D eigenvalue weighted by Crippen LogP contribution is 2.46. The van der Waals surface area contributed by atoms with Crippen LogP contribution in [0.2, 0.25) is 0 Å². The van der Waals surface area contributed by atoms with E-state index in [1.165, 1.54) is 54.8 Å². The Morgan fingerprint density at radius 2 is 0.836 bits per heavy atom. The Kier molecular flexibility index (Phi) is 9.17. The zero-order chi connectivity index (χ0) is 44.3. The molecule has 2 heterocycles. The van der Waals surface area contributed by atoms with Crippen LogP contribution in [0.5, 0.6) is 0 Å². The van der Waals surface area contributed by atoms with Gasteiger partial charge in [0, 0.05) is 44.0 Å². The van der Waals surface area contributed by atoms with Gasteiger partial charge in [-0.2, -0.15) is 0 Å². The molecule has 0 radical (unpaired) electrons. The normalized spacial score (nSPS) is 11.6. The molecule has 13 rings (SSSR count). The van der Waals surface area contributed by atoms with E-state index in [9.17, 15) is 0 Å². The highest BCUT2D eigenvalue weighted by molar-refractivity contribution is 6.14. The van der Waals surface area contributed by atoms with Crippen molar-refractivity contribution < 1.29 is 4.42 Å². The molecule has 0 saturated heterocycles. The van der Waals surface area contributed by atoms with Crippen LogP contribution in [0.3, 0.4) is 0 Å². The topological polar surface area (TPSA) is 21.3 Å². The Bertz CT molecular complexity index is 3930. The number of fused-ring (bicyclic) bond motifs is 7. The first-order chi connectivity index (χ1) is 33.2. The van der Waals surface area contributed by atoms with Crippen molar-refractivity contribution in [1.29, 1.82) is 0 Å². The molecule has 0 unspecified atom stereocenters. The smallest absolute Gasteiger partial charge is 0.136 e. The monoisotopic (exact) mass is 854 g/mol. The van der Waals surface area contributed by atoms with Crippen LogP contribution in [-0.2, 0) is 0 Å². The Morgan fingerprint density at radius 1 is 0.313 bits per heavy atom.